The fourth-order valence-electron chi connectivity index (χ4n) is 1.19. The summed E-state index contributed by atoms with van der Waals surface area (Å²) < 4.78 is 10.7. The molecule has 0 saturated carbocycles. The summed E-state index contributed by atoms with van der Waals surface area (Å²) in [7, 11) is 0. The van der Waals surface area contributed by atoms with E-state index < -0.39 is 0 Å². The van der Waals surface area contributed by atoms with E-state index in [-0.39, 0.29) is 18.7 Å². The smallest absolute Gasteiger partial charge is 0.231 e. The number of rotatable bonds is 10. The van der Waals surface area contributed by atoms with Gasteiger partial charge in [0, 0.05) is 13.2 Å². The lowest BCUT2D eigenvalue weighted by molar-refractivity contribution is -0.139. The van der Waals surface area contributed by atoms with Crippen molar-refractivity contribution >= 4 is 5.91 Å². The van der Waals surface area contributed by atoms with Gasteiger partial charge in [-0.25, -0.2) is 0 Å². The second-order valence-electron chi connectivity index (χ2n) is 3.13. The predicted molar refractivity (Wildman–Crippen MR) is 58.3 cm³/mol. The van der Waals surface area contributed by atoms with Crippen molar-refractivity contribution in [3.63, 3.8) is 0 Å². The molecule has 0 bridgehead atoms. The van der Waals surface area contributed by atoms with Gasteiger partial charge in [0.05, 0.1) is 6.54 Å². The van der Waals surface area contributed by atoms with Crippen molar-refractivity contribution in [2.45, 2.75) is 33.0 Å². The first-order valence-corrected chi connectivity index (χ1v) is 5.42. The topological polar surface area (TPSA) is 73.6 Å². The fourth-order valence-corrected chi connectivity index (χ4v) is 1.19. The standard InChI is InChI=1S/C10H22N2O3/c1-3-14-10(15-4-2)6-5-7-12-8-9(11)13/h10,12H,3-8H2,1-2H3,(H2,11,13). The maximum Gasteiger partial charge on any atom is 0.231 e. The average molecular weight is 218 g/mol. The molecular weight excluding hydrogens is 196 g/mol. The monoisotopic (exact) mass is 218 g/mol. The van der Waals surface area contributed by atoms with E-state index >= 15 is 0 Å². The van der Waals surface area contributed by atoms with Gasteiger partial charge < -0.3 is 20.5 Å². The zero-order valence-corrected chi connectivity index (χ0v) is 9.62. The lowest BCUT2D eigenvalue weighted by Gasteiger charge is -2.16. The largest absolute Gasteiger partial charge is 0.369 e. The van der Waals surface area contributed by atoms with Gasteiger partial charge in [-0.05, 0) is 33.2 Å². The van der Waals surface area contributed by atoms with E-state index in [0.29, 0.717) is 13.2 Å². The first-order valence-electron chi connectivity index (χ1n) is 5.42. The molecule has 0 heterocycles. The normalized spacial score (nSPS) is 10.9. The summed E-state index contributed by atoms with van der Waals surface area (Å²) in [5.74, 6) is -0.332. The molecule has 0 aliphatic rings. The van der Waals surface area contributed by atoms with Crippen LogP contribution in [0.3, 0.4) is 0 Å². The van der Waals surface area contributed by atoms with Gasteiger partial charge in [-0.2, -0.15) is 0 Å². The molecule has 0 aromatic carbocycles. The van der Waals surface area contributed by atoms with Crippen molar-refractivity contribution in [1.82, 2.24) is 5.32 Å². The molecule has 0 aliphatic carbocycles. The summed E-state index contributed by atoms with van der Waals surface area (Å²) in [5.41, 5.74) is 4.98. The Labute approximate surface area is 91.3 Å². The number of nitrogens with one attached hydrogen (secondary N) is 1. The average Bonchev–Trinajstić information content (AvgIpc) is 2.17. The summed E-state index contributed by atoms with van der Waals surface area (Å²) in [5, 5.41) is 2.94. The van der Waals surface area contributed by atoms with Gasteiger partial charge in [0.1, 0.15) is 0 Å². The first kappa shape index (κ1) is 14.3. The quantitative estimate of drug-likeness (QED) is 0.407. The van der Waals surface area contributed by atoms with Crippen LogP contribution in [0.2, 0.25) is 0 Å². The number of carbonyl (C=O) groups is 1. The molecule has 0 atom stereocenters. The Bertz CT molecular complexity index is 159. The Hall–Kier alpha value is -0.650. The molecule has 0 rings (SSSR count). The van der Waals surface area contributed by atoms with Crippen LogP contribution in [0, 0.1) is 0 Å². The highest BCUT2D eigenvalue weighted by atomic mass is 16.7. The van der Waals surface area contributed by atoms with Crippen molar-refractivity contribution < 1.29 is 14.3 Å². The SMILES string of the molecule is CCOC(CCCNCC(N)=O)OCC. The minimum absolute atomic E-state index is 0.129. The molecule has 0 fully saturated rings. The number of hydrogen-bond donors (Lipinski definition) is 2. The summed E-state index contributed by atoms with van der Waals surface area (Å²) >= 11 is 0. The lowest BCUT2D eigenvalue weighted by Crippen LogP contribution is -2.29. The minimum Gasteiger partial charge on any atom is -0.369 e. The Morgan fingerprint density at radius 1 is 1.33 bits per heavy atom. The van der Waals surface area contributed by atoms with Crippen LogP contribution < -0.4 is 11.1 Å². The van der Waals surface area contributed by atoms with Crippen LogP contribution in [-0.2, 0) is 14.3 Å². The van der Waals surface area contributed by atoms with Crippen LogP contribution in [0.4, 0.5) is 0 Å². The molecule has 0 spiro atoms. The van der Waals surface area contributed by atoms with Crippen molar-refractivity contribution in [1.29, 1.82) is 0 Å². The molecule has 5 heteroatoms. The second-order valence-corrected chi connectivity index (χ2v) is 3.13. The highest BCUT2D eigenvalue weighted by molar-refractivity contribution is 5.75. The highest BCUT2D eigenvalue weighted by Crippen LogP contribution is 2.03. The van der Waals surface area contributed by atoms with E-state index in [4.69, 9.17) is 15.2 Å². The van der Waals surface area contributed by atoms with Crippen LogP contribution in [0.1, 0.15) is 26.7 Å². The molecule has 5 nitrogen and oxygen atoms in total. The minimum atomic E-state index is -0.332. The van der Waals surface area contributed by atoms with Gasteiger partial charge in [-0.15, -0.1) is 0 Å². The first-order chi connectivity index (χ1) is 7.20. The van der Waals surface area contributed by atoms with Gasteiger partial charge >= 0.3 is 0 Å². The lowest BCUT2D eigenvalue weighted by atomic mass is 10.3. The molecule has 0 aliphatic heterocycles. The fraction of sp³-hybridized carbons (Fsp3) is 0.900. The highest BCUT2D eigenvalue weighted by Gasteiger charge is 2.06. The number of hydrogen-bond acceptors (Lipinski definition) is 4. The number of ether oxygens (including phenoxy) is 2. The molecule has 0 radical (unpaired) electrons. The van der Waals surface area contributed by atoms with Gasteiger partial charge in [-0.3, -0.25) is 4.79 Å². The maximum absolute atomic E-state index is 10.4. The summed E-state index contributed by atoms with van der Waals surface area (Å²) in [6.07, 6.45) is 1.60. The van der Waals surface area contributed by atoms with Crippen molar-refractivity contribution in [2.75, 3.05) is 26.3 Å². The molecule has 90 valence electrons. The van der Waals surface area contributed by atoms with E-state index in [9.17, 15) is 4.79 Å². The Kier molecular flexibility index (Phi) is 9.46. The summed E-state index contributed by atoms with van der Waals surface area (Å²) in [6.45, 7) is 6.17. The van der Waals surface area contributed by atoms with Crippen LogP contribution >= 0.6 is 0 Å². The van der Waals surface area contributed by atoms with Gasteiger partial charge in [0.15, 0.2) is 6.29 Å². The number of amides is 1. The molecule has 3 N–H and O–H groups in total. The van der Waals surface area contributed by atoms with Crippen LogP contribution in [0.25, 0.3) is 0 Å². The Balaban J connectivity index is 3.39. The maximum atomic E-state index is 10.4. The zero-order chi connectivity index (χ0) is 11.5. The Morgan fingerprint density at radius 3 is 2.40 bits per heavy atom. The van der Waals surface area contributed by atoms with Crippen LogP contribution in [-0.4, -0.2) is 38.5 Å². The number of nitrogens with two attached hydrogens (primary N) is 1. The van der Waals surface area contributed by atoms with Crippen molar-refractivity contribution in [3.05, 3.63) is 0 Å². The molecular formula is C10H22N2O3. The van der Waals surface area contributed by atoms with Gasteiger partial charge in [-0.1, -0.05) is 0 Å². The van der Waals surface area contributed by atoms with Gasteiger partial charge in [0.25, 0.3) is 0 Å². The van der Waals surface area contributed by atoms with Crippen molar-refractivity contribution in [2.24, 2.45) is 5.73 Å². The third-order valence-electron chi connectivity index (χ3n) is 1.80. The predicted octanol–water partition coefficient (Wildman–Crippen LogP) is 0.241. The van der Waals surface area contributed by atoms with E-state index in [1.807, 2.05) is 13.8 Å². The second kappa shape index (κ2) is 9.89. The molecule has 0 aromatic heterocycles. The van der Waals surface area contributed by atoms with Gasteiger partial charge in [0.2, 0.25) is 5.91 Å². The molecule has 0 unspecified atom stereocenters. The Morgan fingerprint density at radius 2 is 1.93 bits per heavy atom. The van der Waals surface area contributed by atoms with E-state index in [1.54, 1.807) is 0 Å². The van der Waals surface area contributed by atoms with Crippen molar-refractivity contribution in [3.8, 4) is 0 Å². The third kappa shape index (κ3) is 9.65. The summed E-state index contributed by atoms with van der Waals surface area (Å²) in [4.78, 5) is 10.4. The number of primary amides is 1. The third-order valence-corrected chi connectivity index (χ3v) is 1.80. The van der Waals surface area contributed by atoms with E-state index in [1.165, 1.54) is 0 Å². The number of carbonyl (C=O) groups excluding carboxylic acids is 1. The van der Waals surface area contributed by atoms with E-state index in [2.05, 4.69) is 5.32 Å². The van der Waals surface area contributed by atoms with E-state index in [0.717, 1.165) is 19.4 Å². The van der Waals surface area contributed by atoms with Crippen LogP contribution in [0.5, 0.6) is 0 Å². The molecule has 15 heavy (non-hydrogen) atoms. The summed E-state index contributed by atoms with van der Waals surface area (Å²) in [6, 6.07) is 0. The molecule has 1 amide bonds. The van der Waals surface area contributed by atoms with Crippen LogP contribution in [0.15, 0.2) is 0 Å². The molecule has 0 aromatic rings. The molecule has 0 saturated heterocycles. The zero-order valence-electron chi connectivity index (χ0n) is 9.62.